The number of alkyl halides is 6. The SMILES string of the molecule is C[C@H](CO)C1=CC[C@H]2[C@@H]3CC=C4C[C@@H](OC(=O)C(F)(F)F)C[C@H](OC(=O)C(F)(F)F)[C@]4(C)[C@H]3CC[C@]12C. The first kappa shape index (κ1) is 28.0. The first-order valence-corrected chi connectivity index (χ1v) is 12.6. The van der Waals surface area contributed by atoms with E-state index in [0.717, 1.165) is 12.8 Å². The van der Waals surface area contributed by atoms with Crippen LogP contribution in [0.15, 0.2) is 23.3 Å². The van der Waals surface area contributed by atoms with E-state index in [9.17, 15) is 41.0 Å². The van der Waals surface area contributed by atoms with Gasteiger partial charge in [0.2, 0.25) is 0 Å². The van der Waals surface area contributed by atoms with E-state index >= 15 is 0 Å². The molecule has 4 aliphatic rings. The molecule has 0 aromatic heterocycles. The second-order valence-electron chi connectivity index (χ2n) is 11.4. The summed E-state index contributed by atoms with van der Waals surface area (Å²) in [7, 11) is 0. The summed E-state index contributed by atoms with van der Waals surface area (Å²) in [5.74, 6) is -4.81. The highest BCUT2D eigenvalue weighted by Crippen LogP contribution is 2.66. The Balaban J connectivity index is 1.67. The van der Waals surface area contributed by atoms with Crippen molar-refractivity contribution in [2.45, 2.75) is 83.9 Å². The monoisotopic (exact) mass is 538 g/mol. The van der Waals surface area contributed by atoms with Crippen LogP contribution in [0.25, 0.3) is 0 Å². The molecule has 0 heterocycles. The third-order valence-corrected chi connectivity index (χ3v) is 9.56. The molecule has 2 saturated carbocycles. The van der Waals surface area contributed by atoms with Gasteiger partial charge < -0.3 is 14.6 Å². The van der Waals surface area contributed by atoms with Crippen molar-refractivity contribution in [2.24, 2.45) is 34.5 Å². The predicted octanol–water partition coefficient (Wildman–Crippen LogP) is 5.67. The van der Waals surface area contributed by atoms with Crippen molar-refractivity contribution >= 4 is 11.9 Å². The van der Waals surface area contributed by atoms with Gasteiger partial charge in [-0.1, -0.05) is 44.1 Å². The van der Waals surface area contributed by atoms with Crippen LogP contribution in [0.5, 0.6) is 0 Å². The summed E-state index contributed by atoms with van der Waals surface area (Å²) in [5.41, 5.74) is 0.528. The minimum Gasteiger partial charge on any atom is -0.455 e. The lowest BCUT2D eigenvalue weighted by Crippen LogP contribution is -2.57. The molecule has 0 amide bonds. The van der Waals surface area contributed by atoms with E-state index in [0.29, 0.717) is 18.4 Å². The van der Waals surface area contributed by atoms with Crippen LogP contribution in [0, 0.1) is 34.5 Å². The number of carbonyl (C=O) groups excluding carboxylic acids is 2. The first-order chi connectivity index (χ1) is 17.0. The topological polar surface area (TPSA) is 72.8 Å². The molecular formula is C26H32F6O5. The van der Waals surface area contributed by atoms with Crippen molar-refractivity contribution in [3.05, 3.63) is 23.3 Å². The molecule has 0 aromatic rings. The highest BCUT2D eigenvalue weighted by Gasteiger charge is 2.61. The van der Waals surface area contributed by atoms with Crippen molar-refractivity contribution in [2.75, 3.05) is 6.61 Å². The summed E-state index contributed by atoms with van der Waals surface area (Å²) in [4.78, 5) is 23.4. The quantitative estimate of drug-likeness (QED) is 0.284. The molecule has 0 aliphatic heterocycles. The maximum absolute atomic E-state index is 13.2. The third kappa shape index (κ3) is 4.69. The zero-order valence-electron chi connectivity index (χ0n) is 20.9. The van der Waals surface area contributed by atoms with Crippen molar-refractivity contribution < 1.29 is 50.5 Å². The fourth-order valence-corrected chi connectivity index (χ4v) is 7.80. The van der Waals surface area contributed by atoms with Gasteiger partial charge >= 0.3 is 24.3 Å². The number of aliphatic hydroxyl groups is 1. The lowest BCUT2D eigenvalue weighted by Gasteiger charge is -2.59. The van der Waals surface area contributed by atoms with Gasteiger partial charge in [-0.15, -0.1) is 0 Å². The Morgan fingerprint density at radius 2 is 1.65 bits per heavy atom. The van der Waals surface area contributed by atoms with E-state index in [2.05, 4.69) is 17.7 Å². The average Bonchev–Trinajstić information content (AvgIpc) is 3.15. The summed E-state index contributed by atoms with van der Waals surface area (Å²) < 4.78 is 87.6. The molecule has 0 radical (unpaired) electrons. The molecule has 0 spiro atoms. The Labute approximate surface area is 211 Å². The van der Waals surface area contributed by atoms with Crippen molar-refractivity contribution in [1.29, 1.82) is 0 Å². The number of halogens is 6. The van der Waals surface area contributed by atoms with Gasteiger partial charge in [0.05, 0.1) is 0 Å². The molecule has 0 unspecified atom stereocenters. The van der Waals surface area contributed by atoms with Crippen molar-refractivity contribution in [1.82, 2.24) is 0 Å². The fraction of sp³-hybridized carbons (Fsp3) is 0.769. The minimum absolute atomic E-state index is 0.0114. The van der Waals surface area contributed by atoms with Crippen molar-refractivity contribution in [3.8, 4) is 0 Å². The maximum Gasteiger partial charge on any atom is 0.490 e. The number of esters is 2. The molecule has 2 fully saturated rings. The van der Waals surface area contributed by atoms with Crippen LogP contribution < -0.4 is 0 Å². The highest BCUT2D eigenvalue weighted by atomic mass is 19.4. The van der Waals surface area contributed by atoms with E-state index in [-0.39, 0.29) is 42.1 Å². The number of rotatable bonds is 4. The van der Waals surface area contributed by atoms with E-state index in [1.807, 2.05) is 13.0 Å². The van der Waals surface area contributed by atoms with Crippen LogP contribution in [0.4, 0.5) is 26.3 Å². The first-order valence-electron chi connectivity index (χ1n) is 12.6. The number of fused-ring (bicyclic) bond motifs is 5. The second kappa shape index (κ2) is 9.31. The van der Waals surface area contributed by atoms with Gasteiger partial charge in [0.25, 0.3) is 0 Å². The smallest absolute Gasteiger partial charge is 0.455 e. The Bertz CT molecular complexity index is 1000. The highest BCUT2D eigenvalue weighted by molar-refractivity contribution is 5.76. The predicted molar refractivity (Wildman–Crippen MR) is 119 cm³/mol. The van der Waals surface area contributed by atoms with E-state index in [4.69, 9.17) is 4.74 Å². The molecule has 208 valence electrons. The Hall–Kier alpha value is -2.04. The zero-order chi connectivity index (χ0) is 27.6. The zero-order valence-corrected chi connectivity index (χ0v) is 20.9. The van der Waals surface area contributed by atoms with Gasteiger partial charge in [-0.3, -0.25) is 0 Å². The van der Waals surface area contributed by atoms with Gasteiger partial charge in [-0.05, 0) is 48.9 Å². The second-order valence-corrected chi connectivity index (χ2v) is 11.4. The van der Waals surface area contributed by atoms with Crippen LogP contribution in [0.1, 0.15) is 59.3 Å². The van der Waals surface area contributed by atoms with Crippen LogP contribution in [-0.2, 0) is 19.1 Å². The van der Waals surface area contributed by atoms with Gasteiger partial charge in [-0.2, -0.15) is 26.3 Å². The minimum atomic E-state index is -5.28. The Morgan fingerprint density at radius 3 is 2.24 bits per heavy atom. The fourth-order valence-electron chi connectivity index (χ4n) is 7.80. The standard InChI is InChI=1S/C26H32F6O5/c1-13(12-33)17-6-7-18-16-5-4-14-10-15(36-21(34)25(27,28)29)11-20(37-22(35)26(30,31)32)24(14,3)19(16)8-9-23(17,18)2/h4,6,13,15-16,18-20,33H,5,7-12H2,1-3H3/t13-,15-,16+,18+,19+,20+,23-,24+/m1/s1. The lowest BCUT2D eigenvalue weighted by atomic mass is 9.46. The normalized spacial score (nSPS) is 38.4. The molecule has 1 N–H and O–H groups in total. The van der Waals surface area contributed by atoms with Crippen LogP contribution in [0.3, 0.4) is 0 Å². The molecule has 11 heteroatoms. The van der Waals surface area contributed by atoms with Crippen LogP contribution in [-0.4, -0.2) is 48.2 Å². The van der Waals surface area contributed by atoms with Gasteiger partial charge in [0, 0.05) is 30.8 Å². The van der Waals surface area contributed by atoms with E-state index in [1.165, 1.54) is 5.57 Å². The molecule has 4 rings (SSSR count). The largest absolute Gasteiger partial charge is 0.490 e. The van der Waals surface area contributed by atoms with Crippen LogP contribution in [0.2, 0.25) is 0 Å². The van der Waals surface area contributed by atoms with Gasteiger partial charge in [-0.25, -0.2) is 9.59 Å². The average molecular weight is 539 g/mol. The summed E-state index contributed by atoms with van der Waals surface area (Å²) in [5, 5.41) is 9.75. The lowest BCUT2D eigenvalue weighted by molar-refractivity contribution is -0.222. The summed E-state index contributed by atoms with van der Waals surface area (Å²) in [6, 6.07) is 0. The maximum atomic E-state index is 13.2. The summed E-state index contributed by atoms with van der Waals surface area (Å²) >= 11 is 0. The molecule has 0 bridgehead atoms. The molecule has 8 atom stereocenters. The molecule has 0 saturated heterocycles. The van der Waals surface area contributed by atoms with Gasteiger partial charge in [0.15, 0.2) is 0 Å². The molecular weight excluding hydrogens is 506 g/mol. The molecule has 4 aliphatic carbocycles. The van der Waals surface area contributed by atoms with Crippen molar-refractivity contribution in [3.63, 3.8) is 0 Å². The van der Waals surface area contributed by atoms with E-state index < -0.39 is 48.3 Å². The number of carbonyl (C=O) groups is 2. The number of aliphatic hydroxyl groups excluding tert-OH is 1. The summed E-state index contributed by atoms with van der Waals surface area (Å²) in [6.07, 6.45) is -7.14. The van der Waals surface area contributed by atoms with E-state index in [1.54, 1.807) is 6.92 Å². The summed E-state index contributed by atoms with van der Waals surface area (Å²) in [6.45, 7) is 5.86. The Kier molecular flexibility index (Phi) is 7.04. The van der Waals surface area contributed by atoms with Gasteiger partial charge in [0.1, 0.15) is 12.2 Å². The molecule has 37 heavy (non-hydrogen) atoms. The Morgan fingerprint density at radius 1 is 1.03 bits per heavy atom. The molecule has 0 aromatic carbocycles. The number of ether oxygens (including phenoxy) is 2. The third-order valence-electron chi connectivity index (χ3n) is 9.56. The number of allylic oxidation sites excluding steroid dienone is 2. The number of hydrogen-bond donors (Lipinski definition) is 1. The number of hydrogen-bond acceptors (Lipinski definition) is 5. The molecule has 5 nitrogen and oxygen atoms in total. The van der Waals surface area contributed by atoms with Crippen LogP contribution >= 0.6 is 0 Å².